The van der Waals surface area contributed by atoms with Gasteiger partial charge in [-0.05, 0) is 33.8 Å². The van der Waals surface area contributed by atoms with Crippen LogP contribution in [0.1, 0.15) is 27.7 Å². The van der Waals surface area contributed by atoms with Crippen molar-refractivity contribution in [3.05, 3.63) is 17.3 Å². The van der Waals surface area contributed by atoms with Crippen LogP contribution in [0.15, 0.2) is 12.3 Å². The van der Waals surface area contributed by atoms with Gasteiger partial charge in [-0.3, -0.25) is 0 Å². The predicted octanol–water partition coefficient (Wildman–Crippen LogP) is 3.61. The van der Waals surface area contributed by atoms with Crippen LogP contribution in [0, 0.1) is 0 Å². The van der Waals surface area contributed by atoms with Gasteiger partial charge in [-0.15, -0.1) is 0 Å². The van der Waals surface area contributed by atoms with Crippen LogP contribution < -0.4 is 10.2 Å². The highest BCUT2D eigenvalue weighted by Crippen LogP contribution is 2.38. The molecule has 0 atom stereocenters. The molecule has 25 heavy (non-hydrogen) atoms. The molecular formula is C14H16BClF5NO3. The molecule has 0 amide bonds. The van der Waals surface area contributed by atoms with E-state index in [2.05, 4.69) is 9.72 Å². The maximum atomic E-state index is 12.9. The largest absolute Gasteiger partial charge is 0.496 e. The second kappa shape index (κ2) is 6.24. The average molecular weight is 388 g/mol. The maximum Gasteiger partial charge on any atom is 0.496 e. The SMILES string of the molecule is CC1(C)OB(c2cnc(OCC(F)(F)C(F)(F)F)c(Cl)c2)OC1(C)C. The fraction of sp³-hybridized carbons (Fsp3) is 0.643. The monoisotopic (exact) mass is 387 g/mol. The minimum atomic E-state index is -5.72. The summed E-state index contributed by atoms with van der Waals surface area (Å²) in [4.78, 5) is 3.69. The third-order valence-electron chi connectivity index (χ3n) is 4.16. The summed E-state index contributed by atoms with van der Waals surface area (Å²) in [6, 6.07) is 1.29. The van der Waals surface area contributed by atoms with E-state index < -0.39 is 42.9 Å². The minimum absolute atomic E-state index is 0.231. The van der Waals surface area contributed by atoms with Gasteiger partial charge >= 0.3 is 19.2 Å². The Hall–Kier alpha value is -1.13. The highest BCUT2D eigenvalue weighted by atomic mass is 35.5. The lowest BCUT2D eigenvalue weighted by atomic mass is 9.80. The fourth-order valence-corrected chi connectivity index (χ4v) is 2.12. The number of pyridine rings is 1. The number of hydrogen-bond donors (Lipinski definition) is 0. The number of alkyl halides is 5. The fourth-order valence-electron chi connectivity index (χ4n) is 1.90. The van der Waals surface area contributed by atoms with Crippen LogP contribution in [0.3, 0.4) is 0 Å². The molecular weight excluding hydrogens is 371 g/mol. The van der Waals surface area contributed by atoms with E-state index in [1.54, 1.807) is 0 Å². The number of nitrogens with zero attached hydrogens (tertiary/aromatic N) is 1. The quantitative estimate of drug-likeness (QED) is 0.585. The van der Waals surface area contributed by atoms with Gasteiger partial charge in [0.1, 0.15) is 5.02 Å². The molecule has 4 nitrogen and oxygen atoms in total. The molecule has 0 spiro atoms. The van der Waals surface area contributed by atoms with E-state index in [1.165, 1.54) is 12.3 Å². The van der Waals surface area contributed by atoms with Crippen LogP contribution in [-0.2, 0) is 9.31 Å². The Labute approximate surface area is 146 Å². The van der Waals surface area contributed by atoms with E-state index in [-0.39, 0.29) is 5.02 Å². The Kier molecular flexibility index (Phi) is 5.04. The molecule has 0 N–H and O–H groups in total. The lowest BCUT2D eigenvalue weighted by molar-refractivity contribution is -0.290. The third-order valence-corrected chi connectivity index (χ3v) is 4.43. The Bertz CT molecular complexity index is 638. The van der Waals surface area contributed by atoms with Crippen LogP contribution in [-0.4, -0.2) is 42.0 Å². The number of aromatic nitrogens is 1. The second-order valence-electron chi connectivity index (χ2n) is 6.63. The molecule has 0 radical (unpaired) electrons. The van der Waals surface area contributed by atoms with Crippen molar-refractivity contribution in [2.45, 2.75) is 51.0 Å². The Morgan fingerprint density at radius 2 is 1.64 bits per heavy atom. The molecule has 0 bridgehead atoms. The van der Waals surface area contributed by atoms with E-state index in [0.29, 0.717) is 5.46 Å². The summed E-state index contributed by atoms with van der Waals surface area (Å²) in [5.41, 5.74) is -0.846. The van der Waals surface area contributed by atoms with Crippen molar-refractivity contribution in [3.8, 4) is 5.88 Å². The summed E-state index contributed by atoms with van der Waals surface area (Å²) in [6.45, 7) is 5.41. The first-order chi connectivity index (χ1) is 11.2. The Balaban J connectivity index is 2.12. The normalized spacial score (nSPS) is 20.0. The summed E-state index contributed by atoms with van der Waals surface area (Å²) in [5, 5.41) is -0.231. The topological polar surface area (TPSA) is 40.6 Å². The zero-order valence-electron chi connectivity index (χ0n) is 13.9. The molecule has 2 heterocycles. The molecule has 140 valence electrons. The molecule has 2 rings (SSSR count). The van der Waals surface area contributed by atoms with Crippen LogP contribution >= 0.6 is 11.6 Å². The first-order valence-corrected chi connectivity index (χ1v) is 7.62. The molecule has 1 aromatic rings. The summed E-state index contributed by atoms with van der Waals surface area (Å²) >= 11 is 5.87. The van der Waals surface area contributed by atoms with Gasteiger partial charge in [-0.1, -0.05) is 11.6 Å². The van der Waals surface area contributed by atoms with Gasteiger partial charge in [0.15, 0.2) is 6.61 Å². The summed E-state index contributed by atoms with van der Waals surface area (Å²) < 4.78 is 78.1. The Morgan fingerprint density at radius 1 is 1.12 bits per heavy atom. The van der Waals surface area contributed by atoms with Gasteiger partial charge < -0.3 is 14.0 Å². The zero-order chi connectivity index (χ0) is 19.3. The molecule has 0 unspecified atom stereocenters. The summed E-state index contributed by atoms with van der Waals surface area (Å²) in [7, 11) is -0.805. The minimum Gasteiger partial charge on any atom is -0.470 e. The van der Waals surface area contributed by atoms with Crippen LogP contribution in [0.25, 0.3) is 0 Å². The molecule has 1 aliphatic rings. The summed E-state index contributed by atoms with van der Waals surface area (Å²) in [5.74, 6) is -5.55. The molecule has 0 saturated carbocycles. The van der Waals surface area contributed by atoms with Crippen molar-refractivity contribution in [1.29, 1.82) is 0 Å². The molecule has 11 heteroatoms. The maximum absolute atomic E-state index is 12.9. The van der Waals surface area contributed by atoms with Crippen molar-refractivity contribution < 1.29 is 36.0 Å². The first kappa shape index (κ1) is 20.2. The molecule has 1 saturated heterocycles. The Morgan fingerprint density at radius 3 is 2.08 bits per heavy atom. The van der Waals surface area contributed by atoms with Crippen molar-refractivity contribution in [2.75, 3.05) is 6.61 Å². The van der Waals surface area contributed by atoms with Crippen molar-refractivity contribution in [3.63, 3.8) is 0 Å². The van der Waals surface area contributed by atoms with Crippen LogP contribution in [0.2, 0.25) is 5.02 Å². The molecule has 1 aromatic heterocycles. The van der Waals surface area contributed by atoms with E-state index in [4.69, 9.17) is 20.9 Å². The number of hydrogen-bond acceptors (Lipinski definition) is 4. The zero-order valence-corrected chi connectivity index (χ0v) is 14.6. The first-order valence-electron chi connectivity index (χ1n) is 7.25. The smallest absolute Gasteiger partial charge is 0.470 e. The van der Waals surface area contributed by atoms with Gasteiger partial charge in [0, 0.05) is 11.7 Å². The van der Waals surface area contributed by atoms with E-state index in [1.807, 2.05) is 27.7 Å². The lowest BCUT2D eigenvalue weighted by Gasteiger charge is -2.32. The molecule has 0 aliphatic carbocycles. The van der Waals surface area contributed by atoms with Gasteiger partial charge in [0.2, 0.25) is 5.88 Å². The van der Waals surface area contributed by atoms with E-state index in [0.717, 1.165) is 0 Å². The third kappa shape index (κ3) is 4.01. The van der Waals surface area contributed by atoms with E-state index >= 15 is 0 Å². The number of halogens is 6. The molecule has 1 fully saturated rings. The summed E-state index contributed by atoms with van der Waals surface area (Å²) in [6.07, 6.45) is -4.53. The highest BCUT2D eigenvalue weighted by Gasteiger charge is 2.58. The van der Waals surface area contributed by atoms with Gasteiger partial charge in [0.05, 0.1) is 11.2 Å². The lowest BCUT2D eigenvalue weighted by Crippen LogP contribution is -2.42. The predicted molar refractivity (Wildman–Crippen MR) is 81.5 cm³/mol. The van der Waals surface area contributed by atoms with Gasteiger partial charge in [-0.25, -0.2) is 4.98 Å². The van der Waals surface area contributed by atoms with Crippen LogP contribution in [0.5, 0.6) is 5.88 Å². The molecule has 1 aliphatic heterocycles. The number of rotatable bonds is 4. The standard InChI is InChI=1S/C14H16BClF5NO3/c1-11(2)12(3,4)25-15(24-11)8-5-9(16)10(22-6-8)23-7-13(17,18)14(19,20)21/h5-6H,7H2,1-4H3. The van der Waals surface area contributed by atoms with Gasteiger partial charge in [-0.2, -0.15) is 22.0 Å². The van der Waals surface area contributed by atoms with Crippen molar-refractivity contribution in [2.24, 2.45) is 0 Å². The molecule has 0 aromatic carbocycles. The average Bonchev–Trinajstić information content (AvgIpc) is 2.65. The van der Waals surface area contributed by atoms with E-state index in [9.17, 15) is 22.0 Å². The second-order valence-corrected chi connectivity index (χ2v) is 7.04. The van der Waals surface area contributed by atoms with Crippen LogP contribution in [0.4, 0.5) is 22.0 Å². The van der Waals surface area contributed by atoms with Gasteiger partial charge in [0.25, 0.3) is 0 Å². The number of ether oxygens (including phenoxy) is 1. The highest BCUT2D eigenvalue weighted by molar-refractivity contribution is 6.62. The van der Waals surface area contributed by atoms with Crippen molar-refractivity contribution >= 4 is 24.2 Å². The van der Waals surface area contributed by atoms with Crippen molar-refractivity contribution in [1.82, 2.24) is 4.98 Å².